The zero-order chi connectivity index (χ0) is 38.8. The van der Waals surface area contributed by atoms with Crippen molar-refractivity contribution in [2.24, 2.45) is 0 Å². The van der Waals surface area contributed by atoms with Crippen LogP contribution in [0.5, 0.6) is 5.75 Å². The van der Waals surface area contributed by atoms with Gasteiger partial charge in [-0.1, -0.05) is 84.0 Å². The van der Waals surface area contributed by atoms with E-state index in [9.17, 15) is 5.11 Å². The van der Waals surface area contributed by atoms with Crippen molar-refractivity contribution in [2.45, 2.75) is 180 Å². The predicted molar refractivity (Wildman–Crippen MR) is 207 cm³/mol. The first-order chi connectivity index (χ1) is 23.0. The van der Waals surface area contributed by atoms with Crippen molar-refractivity contribution in [3.63, 3.8) is 0 Å². The fourth-order valence-corrected chi connectivity index (χ4v) is 8.76. The van der Waals surface area contributed by atoms with Crippen LogP contribution < -0.4 is 0 Å². The van der Waals surface area contributed by atoms with Gasteiger partial charge in [-0.3, -0.25) is 19.4 Å². The van der Waals surface area contributed by atoms with Crippen LogP contribution in [0, 0.1) is 0 Å². The van der Waals surface area contributed by atoms with E-state index < -0.39 is 40.4 Å². The second-order valence-electron chi connectivity index (χ2n) is 20.2. The van der Waals surface area contributed by atoms with Crippen LogP contribution in [-0.2, 0) is 41.7 Å². The first-order valence-corrected chi connectivity index (χ1v) is 18.9. The highest BCUT2D eigenvalue weighted by Gasteiger charge is 2.55. The number of benzene rings is 2. The van der Waals surface area contributed by atoms with E-state index >= 15 is 9.59 Å². The topological polar surface area (TPSA) is 79.3 Å². The quantitative estimate of drug-likeness (QED) is 0.228. The number of esters is 2. The molecule has 1 N–H and O–H groups in total. The zero-order valence-electron chi connectivity index (χ0n) is 34.7. The zero-order valence-corrected chi connectivity index (χ0v) is 34.7. The van der Waals surface area contributed by atoms with Gasteiger partial charge in [-0.15, -0.1) is 0 Å². The molecule has 0 saturated carbocycles. The summed E-state index contributed by atoms with van der Waals surface area (Å²) in [5.74, 6) is -0.927. The fraction of sp³-hybridized carbons (Fsp3) is 0.682. The van der Waals surface area contributed by atoms with Crippen LogP contribution in [0.15, 0.2) is 42.5 Å². The molecule has 284 valence electrons. The second kappa shape index (κ2) is 13.5. The summed E-state index contributed by atoms with van der Waals surface area (Å²) in [4.78, 5) is 35.2. The lowest BCUT2D eigenvalue weighted by atomic mass is 9.72. The number of carbonyl (C=O) groups is 2. The van der Waals surface area contributed by atoms with Crippen molar-refractivity contribution in [1.82, 2.24) is 9.80 Å². The average Bonchev–Trinajstić information content (AvgIpc) is 2.96. The van der Waals surface area contributed by atoms with Crippen molar-refractivity contribution in [3.05, 3.63) is 64.7 Å². The van der Waals surface area contributed by atoms with Crippen molar-refractivity contribution >= 4 is 11.9 Å². The van der Waals surface area contributed by atoms with Crippen molar-refractivity contribution < 1.29 is 24.2 Å². The molecule has 2 fully saturated rings. The molecule has 2 aliphatic rings. The molecule has 2 saturated heterocycles. The Morgan fingerprint density at radius 2 is 1.00 bits per heavy atom. The molecule has 7 nitrogen and oxygen atoms in total. The first kappa shape index (κ1) is 40.9. The monoisotopic (exact) mass is 705 g/mol. The fourth-order valence-electron chi connectivity index (χ4n) is 8.76. The van der Waals surface area contributed by atoms with Crippen LogP contribution in [0.25, 0.3) is 0 Å². The molecule has 7 heteroatoms. The number of rotatable bonds is 7. The maximum absolute atomic E-state index is 15.3. The van der Waals surface area contributed by atoms with E-state index in [0.717, 1.165) is 16.7 Å². The van der Waals surface area contributed by atoms with Gasteiger partial charge in [-0.05, 0) is 103 Å². The minimum Gasteiger partial charge on any atom is -0.507 e. The standard InChI is InChI=1S/C44H68N2O5/c1-38(2,3)33-22-29(23-34(35(33)47)39(4,5)6)24-44(30-20-18-17-19-21-30,36(48)50-31-25-40(7,8)45(15)41(9,10)26-31)37(49)51-32-27-42(11,12)46(16)43(13,14)28-32/h17-23,31-32,47H,24-28H2,1-16H3. The van der Waals surface area contributed by atoms with Gasteiger partial charge in [-0.2, -0.15) is 0 Å². The van der Waals surface area contributed by atoms with Crippen LogP contribution in [-0.4, -0.2) is 75.3 Å². The summed E-state index contributed by atoms with van der Waals surface area (Å²) in [5.41, 5.74) is -0.644. The van der Waals surface area contributed by atoms with Gasteiger partial charge in [0.05, 0.1) is 0 Å². The van der Waals surface area contributed by atoms with Crippen molar-refractivity contribution in [1.29, 1.82) is 0 Å². The Balaban J connectivity index is 1.94. The molecule has 0 aromatic heterocycles. The molecule has 4 rings (SSSR count). The maximum atomic E-state index is 15.3. The van der Waals surface area contributed by atoms with Crippen LogP contribution in [0.4, 0.5) is 0 Å². The van der Waals surface area contributed by atoms with E-state index in [-0.39, 0.29) is 34.3 Å². The smallest absolute Gasteiger partial charge is 0.328 e. The predicted octanol–water partition coefficient (Wildman–Crippen LogP) is 8.86. The molecule has 2 heterocycles. The molecule has 0 radical (unpaired) electrons. The summed E-state index contributed by atoms with van der Waals surface area (Å²) in [7, 11) is 4.25. The lowest BCUT2D eigenvalue weighted by Crippen LogP contribution is -2.62. The Hall–Kier alpha value is -2.90. The number of aromatic hydroxyl groups is 1. The molecule has 0 atom stereocenters. The normalized spacial score (nSPS) is 21.6. The lowest BCUT2D eigenvalue weighted by molar-refractivity contribution is -0.180. The molecule has 0 bridgehead atoms. The minimum atomic E-state index is -1.79. The van der Waals surface area contributed by atoms with Crippen LogP contribution in [0.3, 0.4) is 0 Å². The molecule has 0 unspecified atom stereocenters. The highest BCUT2D eigenvalue weighted by Crippen LogP contribution is 2.45. The Labute approximate surface area is 309 Å². The third-order valence-electron chi connectivity index (χ3n) is 12.3. The third-order valence-corrected chi connectivity index (χ3v) is 12.3. The van der Waals surface area contributed by atoms with Gasteiger partial charge in [0, 0.05) is 54.3 Å². The van der Waals surface area contributed by atoms with Crippen LogP contribution in [0.2, 0.25) is 0 Å². The first-order valence-electron chi connectivity index (χ1n) is 18.9. The maximum Gasteiger partial charge on any atom is 0.328 e. The molecule has 0 aliphatic carbocycles. The highest BCUT2D eigenvalue weighted by atomic mass is 16.6. The summed E-state index contributed by atoms with van der Waals surface area (Å²) in [6.45, 7) is 29.8. The molecule has 51 heavy (non-hydrogen) atoms. The average molecular weight is 705 g/mol. The van der Waals surface area contributed by atoms with Gasteiger partial charge in [0.2, 0.25) is 0 Å². The summed E-state index contributed by atoms with van der Waals surface area (Å²) in [6.07, 6.45) is 1.78. The molecule has 2 aromatic rings. The Kier molecular flexibility index (Phi) is 10.8. The number of carbonyl (C=O) groups excluding carboxylic acids is 2. The number of hydrogen-bond acceptors (Lipinski definition) is 7. The molecular formula is C44H68N2O5. The van der Waals surface area contributed by atoms with Crippen LogP contribution in [0.1, 0.15) is 145 Å². The van der Waals surface area contributed by atoms with Gasteiger partial charge in [0.15, 0.2) is 5.41 Å². The lowest BCUT2D eigenvalue weighted by Gasteiger charge is -2.53. The SMILES string of the molecule is CN1C(C)(C)CC(OC(=O)C(Cc2cc(C(C)(C)C)c(O)c(C(C)(C)C)c2)(C(=O)OC2CC(C)(C)N(C)C(C)(C)C2)c2ccccc2)CC1(C)C. The number of likely N-dealkylation sites (tertiary alicyclic amines) is 2. The Morgan fingerprint density at radius 3 is 1.31 bits per heavy atom. The van der Waals surface area contributed by atoms with Crippen molar-refractivity contribution in [3.8, 4) is 5.75 Å². The van der Waals surface area contributed by atoms with Gasteiger partial charge in [0.25, 0.3) is 0 Å². The van der Waals surface area contributed by atoms with E-state index in [1.165, 1.54) is 0 Å². The molecular weight excluding hydrogens is 636 g/mol. The number of phenols is 1. The number of nitrogens with zero attached hydrogens (tertiary/aromatic N) is 2. The molecule has 0 spiro atoms. The Morgan fingerprint density at radius 1 is 0.667 bits per heavy atom. The number of ether oxygens (including phenoxy) is 2. The van der Waals surface area contributed by atoms with E-state index in [1.54, 1.807) is 0 Å². The third kappa shape index (κ3) is 8.20. The number of hydrogen-bond donors (Lipinski definition) is 1. The van der Waals surface area contributed by atoms with E-state index in [4.69, 9.17) is 9.47 Å². The molecule has 0 amide bonds. The summed E-state index contributed by atoms with van der Waals surface area (Å²) in [5, 5.41) is 11.6. The van der Waals surface area contributed by atoms with Gasteiger partial charge in [-0.25, -0.2) is 0 Å². The van der Waals surface area contributed by atoms with Gasteiger partial charge >= 0.3 is 11.9 Å². The van der Waals surface area contributed by atoms with E-state index in [0.29, 0.717) is 31.2 Å². The van der Waals surface area contributed by atoms with Crippen molar-refractivity contribution in [2.75, 3.05) is 14.1 Å². The minimum absolute atomic E-state index is 0.0277. The molecule has 2 aliphatic heterocycles. The largest absolute Gasteiger partial charge is 0.507 e. The summed E-state index contributed by atoms with van der Waals surface area (Å²) in [6, 6.07) is 13.3. The Bertz CT molecular complexity index is 1460. The van der Waals surface area contributed by atoms with Gasteiger partial charge < -0.3 is 14.6 Å². The number of phenolic OH excluding ortho intramolecular Hbond substituents is 1. The van der Waals surface area contributed by atoms with E-state index in [2.05, 4.69) is 121 Å². The highest BCUT2D eigenvalue weighted by molar-refractivity contribution is 6.07. The second-order valence-corrected chi connectivity index (χ2v) is 20.2. The van der Waals surface area contributed by atoms with E-state index in [1.807, 2.05) is 42.5 Å². The van der Waals surface area contributed by atoms with Gasteiger partial charge in [0.1, 0.15) is 18.0 Å². The summed E-state index contributed by atoms with van der Waals surface area (Å²) >= 11 is 0. The molecule has 2 aromatic carbocycles. The van der Waals surface area contributed by atoms with Crippen LogP contribution >= 0.6 is 0 Å². The number of piperidine rings is 2. The summed E-state index contributed by atoms with van der Waals surface area (Å²) < 4.78 is 13.2.